The number of aromatic nitrogens is 1. The lowest BCUT2D eigenvalue weighted by molar-refractivity contribution is -0.154. The van der Waals surface area contributed by atoms with Crippen molar-refractivity contribution in [3.05, 3.63) is 40.4 Å². The molecule has 7 nitrogen and oxygen atoms in total. The van der Waals surface area contributed by atoms with Crippen molar-refractivity contribution in [3.8, 4) is 10.6 Å². The molecule has 2 aromatic rings. The fourth-order valence-corrected chi connectivity index (χ4v) is 2.76. The number of methoxy groups -OCH3 is 1. The first-order valence-corrected chi connectivity index (χ1v) is 8.43. The van der Waals surface area contributed by atoms with E-state index in [9.17, 15) is 14.4 Å². The van der Waals surface area contributed by atoms with Crippen LogP contribution in [0.1, 0.15) is 12.6 Å². The van der Waals surface area contributed by atoms with Crippen LogP contribution in [0.15, 0.2) is 29.6 Å². The van der Waals surface area contributed by atoms with Gasteiger partial charge in [0.1, 0.15) is 5.01 Å². The summed E-state index contributed by atoms with van der Waals surface area (Å²) in [6, 6.07) is 7.19. The van der Waals surface area contributed by atoms with Gasteiger partial charge in [0.15, 0.2) is 6.10 Å². The Hall–Kier alpha value is -2.45. The molecule has 0 unspecified atom stereocenters. The average Bonchev–Trinajstić information content (AvgIpc) is 3.03. The molecule has 2 rings (SSSR count). The van der Waals surface area contributed by atoms with E-state index >= 15 is 0 Å². The van der Waals surface area contributed by atoms with Crippen LogP contribution >= 0.6 is 22.9 Å². The Morgan fingerprint density at radius 3 is 2.60 bits per heavy atom. The molecule has 1 heterocycles. The molecule has 1 N–H and O–H groups in total. The Kier molecular flexibility index (Phi) is 6.49. The first-order valence-electron chi connectivity index (χ1n) is 7.17. The lowest BCUT2D eigenvalue weighted by Gasteiger charge is -2.11. The van der Waals surface area contributed by atoms with Crippen LogP contribution in [0, 0.1) is 0 Å². The Balaban J connectivity index is 1.91. The molecule has 1 aromatic heterocycles. The van der Waals surface area contributed by atoms with Crippen LogP contribution in [-0.4, -0.2) is 36.2 Å². The maximum atomic E-state index is 11.9. The number of rotatable bonds is 5. The number of esters is 1. The van der Waals surface area contributed by atoms with Crippen LogP contribution < -0.4 is 5.32 Å². The second-order valence-corrected chi connectivity index (χ2v) is 6.24. The van der Waals surface area contributed by atoms with Crippen molar-refractivity contribution in [2.24, 2.45) is 0 Å². The molecule has 0 aliphatic heterocycles. The normalized spacial score (nSPS) is 11.5. The molecule has 0 bridgehead atoms. The van der Waals surface area contributed by atoms with E-state index in [-0.39, 0.29) is 6.42 Å². The second-order valence-electron chi connectivity index (χ2n) is 4.94. The number of ether oxygens (including phenoxy) is 2. The predicted molar refractivity (Wildman–Crippen MR) is 92.4 cm³/mol. The van der Waals surface area contributed by atoms with Gasteiger partial charge < -0.3 is 9.47 Å². The van der Waals surface area contributed by atoms with Crippen molar-refractivity contribution in [3.63, 3.8) is 0 Å². The van der Waals surface area contributed by atoms with Gasteiger partial charge in [0.25, 0.3) is 5.91 Å². The van der Waals surface area contributed by atoms with E-state index in [1.54, 1.807) is 17.5 Å². The van der Waals surface area contributed by atoms with Gasteiger partial charge in [-0.3, -0.25) is 14.9 Å². The molecule has 9 heteroatoms. The van der Waals surface area contributed by atoms with E-state index in [0.29, 0.717) is 10.7 Å². The van der Waals surface area contributed by atoms with Crippen LogP contribution in [-0.2, 0) is 25.5 Å². The summed E-state index contributed by atoms with van der Waals surface area (Å²) in [4.78, 5) is 38.8. The van der Waals surface area contributed by atoms with Crippen molar-refractivity contribution < 1.29 is 23.9 Å². The zero-order valence-corrected chi connectivity index (χ0v) is 15.0. The molecule has 0 aliphatic rings. The minimum atomic E-state index is -1.12. The van der Waals surface area contributed by atoms with E-state index in [1.807, 2.05) is 17.4 Å². The third kappa shape index (κ3) is 5.54. The molecule has 25 heavy (non-hydrogen) atoms. The van der Waals surface area contributed by atoms with Crippen molar-refractivity contribution in [2.45, 2.75) is 19.4 Å². The highest BCUT2D eigenvalue weighted by molar-refractivity contribution is 7.13. The van der Waals surface area contributed by atoms with E-state index in [1.165, 1.54) is 18.3 Å². The number of benzene rings is 1. The third-order valence-corrected chi connectivity index (χ3v) is 4.25. The quantitative estimate of drug-likeness (QED) is 0.799. The Bertz CT molecular complexity index is 775. The maximum Gasteiger partial charge on any atom is 0.413 e. The van der Waals surface area contributed by atoms with Gasteiger partial charge in [-0.15, -0.1) is 11.3 Å². The van der Waals surface area contributed by atoms with Crippen molar-refractivity contribution in [1.29, 1.82) is 0 Å². The summed E-state index contributed by atoms with van der Waals surface area (Å²) in [6.45, 7) is 1.36. The highest BCUT2D eigenvalue weighted by Gasteiger charge is 2.21. The number of hydrogen-bond donors (Lipinski definition) is 1. The fraction of sp³-hybridized carbons (Fsp3) is 0.250. The van der Waals surface area contributed by atoms with Crippen molar-refractivity contribution in [1.82, 2.24) is 10.3 Å². The smallest absolute Gasteiger partial charge is 0.413 e. The summed E-state index contributed by atoms with van der Waals surface area (Å²) in [5.41, 5.74) is 1.42. The van der Waals surface area contributed by atoms with Gasteiger partial charge in [-0.25, -0.2) is 9.78 Å². The average molecular weight is 383 g/mol. The van der Waals surface area contributed by atoms with Crippen LogP contribution in [0.25, 0.3) is 10.6 Å². The molecule has 1 atom stereocenters. The molecule has 1 aromatic carbocycles. The number of imide groups is 1. The number of alkyl carbamates (subject to hydrolysis) is 1. The summed E-state index contributed by atoms with van der Waals surface area (Å²) < 4.78 is 9.28. The first kappa shape index (κ1) is 18.9. The van der Waals surface area contributed by atoms with Crippen LogP contribution in [0.2, 0.25) is 5.02 Å². The van der Waals surface area contributed by atoms with Gasteiger partial charge in [-0.05, 0) is 19.1 Å². The molecule has 132 valence electrons. The zero-order valence-electron chi connectivity index (χ0n) is 13.4. The number of amides is 2. The summed E-state index contributed by atoms with van der Waals surface area (Å²) in [6.07, 6.45) is -2.12. The fourth-order valence-electron chi connectivity index (χ4n) is 1.81. The van der Waals surface area contributed by atoms with Gasteiger partial charge in [0, 0.05) is 16.0 Å². The number of nitrogens with one attached hydrogen (secondary N) is 1. The molecule has 0 fully saturated rings. The second kappa shape index (κ2) is 8.59. The number of carbonyl (C=O) groups excluding carboxylic acids is 3. The van der Waals surface area contributed by atoms with Gasteiger partial charge in [0.2, 0.25) is 0 Å². The van der Waals surface area contributed by atoms with Crippen molar-refractivity contribution >= 4 is 40.9 Å². The SMILES string of the molecule is COC(=O)NC(=O)[C@H](C)OC(=O)Cc1csc(-c2ccc(Cl)cc2)n1. The van der Waals surface area contributed by atoms with E-state index in [0.717, 1.165) is 17.7 Å². The summed E-state index contributed by atoms with van der Waals surface area (Å²) in [5, 5.41) is 5.04. The Morgan fingerprint density at radius 1 is 1.28 bits per heavy atom. The van der Waals surface area contributed by atoms with E-state index < -0.39 is 24.1 Å². The van der Waals surface area contributed by atoms with Crippen molar-refractivity contribution in [2.75, 3.05) is 7.11 Å². The molecule has 0 radical (unpaired) electrons. The van der Waals surface area contributed by atoms with Crippen LogP contribution in [0.3, 0.4) is 0 Å². The molecule has 0 aliphatic carbocycles. The topological polar surface area (TPSA) is 94.6 Å². The Morgan fingerprint density at radius 2 is 1.96 bits per heavy atom. The first-order chi connectivity index (χ1) is 11.9. The summed E-state index contributed by atoms with van der Waals surface area (Å²) in [7, 11) is 1.12. The number of thiazole rings is 1. The monoisotopic (exact) mass is 382 g/mol. The highest BCUT2D eigenvalue weighted by atomic mass is 35.5. The number of halogens is 1. The minimum Gasteiger partial charge on any atom is -0.453 e. The summed E-state index contributed by atoms with van der Waals surface area (Å²) in [5.74, 6) is -1.39. The lowest BCUT2D eigenvalue weighted by atomic mass is 10.2. The van der Waals surface area contributed by atoms with Gasteiger partial charge >= 0.3 is 12.1 Å². The third-order valence-electron chi connectivity index (χ3n) is 3.06. The van der Waals surface area contributed by atoms with Gasteiger partial charge in [-0.1, -0.05) is 23.7 Å². The molecule has 0 saturated carbocycles. The van der Waals surface area contributed by atoms with Crippen LogP contribution in [0.5, 0.6) is 0 Å². The number of nitrogens with zero attached hydrogens (tertiary/aromatic N) is 1. The number of carbonyl (C=O) groups is 3. The molecule has 0 spiro atoms. The standard InChI is InChI=1S/C16H15ClN2O5S/c1-9(14(21)19-16(22)23-2)24-13(20)7-12-8-25-15(18-12)10-3-5-11(17)6-4-10/h3-6,8-9H,7H2,1-2H3,(H,19,21,22)/t9-/m0/s1. The van der Waals surface area contributed by atoms with E-state index in [2.05, 4.69) is 9.72 Å². The Labute approximate surface area is 152 Å². The van der Waals surface area contributed by atoms with E-state index in [4.69, 9.17) is 16.3 Å². The maximum absolute atomic E-state index is 11.9. The van der Waals surface area contributed by atoms with Crippen LogP contribution in [0.4, 0.5) is 4.79 Å². The predicted octanol–water partition coefficient (Wildman–Crippen LogP) is 2.82. The van der Waals surface area contributed by atoms with Gasteiger partial charge in [-0.2, -0.15) is 0 Å². The molecule has 0 saturated heterocycles. The molecular formula is C16H15ClN2O5S. The number of hydrogen-bond acceptors (Lipinski definition) is 7. The highest BCUT2D eigenvalue weighted by Crippen LogP contribution is 2.25. The lowest BCUT2D eigenvalue weighted by Crippen LogP contribution is -2.39. The molecular weight excluding hydrogens is 368 g/mol. The van der Waals surface area contributed by atoms with Gasteiger partial charge in [0.05, 0.1) is 19.2 Å². The zero-order chi connectivity index (χ0) is 18.4. The summed E-state index contributed by atoms with van der Waals surface area (Å²) >= 11 is 7.23. The minimum absolute atomic E-state index is 0.0834. The molecule has 2 amide bonds. The largest absolute Gasteiger partial charge is 0.453 e.